The van der Waals surface area contributed by atoms with E-state index in [1.807, 2.05) is 12.1 Å². The first-order valence-corrected chi connectivity index (χ1v) is 10.4. The van der Waals surface area contributed by atoms with E-state index in [2.05, 4.69) is 24.3 Å². The maximum Gasteiger partial charge on any atom is 0.0724 e. The van der Waals surface area contributed by atoms with Crippen LogP contribution in [-0.4, -0.2) is 28.4 Å². The van der Waals surface area contributed by atoms with Crippen molar-refractivity contribution in [2.45, 2.75) is 36.2 Å². The summed E-state index contributed by atoms with van der Waals surface area (Å²) in [7, 11) is 10.3. The summed E-state index contributed by atoms with van der Waals surface area (Å²) in [6.45, 7) is 2.30. The van der Waals surface area contributed by atoms with Gasteiger partial charge in [0.25, 0.3) is 0 Å². The third kappa shape index (κ3) is 5.74. The van der Waals surface area contributed by atoms with Crippen LogP contribution in [0.3, 0.4) is 0 Å². The number of hydrogen-bond donors (Lipinski definition) is 0. The smallest absolute Gasteiger partial charge is 0.0724 e. The van der Waals surface area contributed by atoms with Crippen molar-refractivity contribution in [3.05, 3.63) is 58.7 Å². The SMILES string of the molecule is COCc1cccc(COC)c1SSc1c(COC)cccc1COC. The largest absolute Gasteiger partial charge is 0.380 e. The molecule has 4 nitrogen and oxygen atoms in total. The molecule has 0 spiro atoms. The van der Waals surface area contributed by atoms with E-state index in [4.69, 9.17) is 18.9 Å². The first-order valence-electron chi connectivity index (χ1n) is 8.26. The summed E-state index contributed by atoms with van der Waals surface area (Å²) in [5, 5.41) is 0. The molecule has 0 aliphatic rings. The lowest BCUT2D eigenvalue weighted by Crippen LogP contribution is -1.99. The zero-order valence-corrected chi connectivity index (χ0v) is 17.4. The predicted molar refractivity (Wildman–Crippen MR) is 107 cm³/mol. The van der Waals surface area contributed by atoms with Crippen molar-refractivity contribution in [3.63, 3.8) is 0 Å². The van der Waals surface area contributed by atoms with Crippen molar-refractivity contribution >= 4 is 21.6 Å². The molecular formula is C20H26O4S2. The van der Waals surface area contributed by atoms with Crippen molar-refractivity contribution in [2.75, 3.05) is 28.4 Å². The van der Waals surface area contributed by atoms with Gasteiger partial charge in [-0.1, -0.05) is 58.0 Å². The second kappa shape index (κ2) is 11.6. The fourth-order valence-corrected chi connectivity index (χ4v) is 5.54. The normalized spacial score (nSPS) is 11.1. The number of rotatable bonds is 11. The Labute approximate surface area is 164 Å². The van der Waals surface area contributed by atoms with Gasteiger partial charge in [-0.25, -0.2) is 0 Å². The minimum Gasteiger partial charge on any atom is -0.380 e. The number of benzene rings is 2. The highest BCUT2D eigenvalue weighted by Crippen LogP contribution is 2.44. The summed E-state index contributed by atoms with van der Waals surface area (Å²) < 4.78 is 21.5. The summed E-state index contributed by atoms with van der Waals surface area (Å²) in [6, 6.07) is 12.5. The summed E-state index contributed by atoms with van der Waals surface area (Å²) in [5.74, 6) is 0. The zero-order chi connectivity index (χ0) is 18.8. The second-order valence-corrected chi connectivity index (χ2v) is 7.86. The van der Waals surface area contributed by atoms with Gasteiger partial charge in [0.15, 0.2) is 0 Å². The van der Waals surface area contributed by atoms with Gasteiger partial charge in [0.2, 0.25) is 0 Å². The van der Waals surface area contributed by atoms with Crippen LogP contribution in [0.2, 0.25) is 0 Å². The molecule has 2 aromatic carbocycles. The molecule has 0 aromatic heterocycles. The van der Waals surface area contributed by atoms with E-state index in [9.17, 15) is 0 Å². The second-order valence-electron chi connectivity index (χ2n) is 5.71. The Kier molecular flexibility index (Phi) is 9.53. The fourth-order valence-electron chi connectivity index (χ4n) is 2.65. The summed E-state index contributed by atoms with van der Waals surface area (Å²) in [4.78, 5) is 2.38. The summed E-state index contributed by atoms with van der Waals surface area (Å²) >= 11 is 0. The van der Waals surface area contributed by atoms with Gasteiger partial charge in [-0.15, -0.1) is 0 Å². The van der Waals surface area contributed by atoms with Crippen molar-refractivity contribution in [3.8, 4) is 0 Å². The van der Waals surface area contributed by atoms with Crippen LogP contribution < -0.4 is 0 Å². The monoisotopic (exact) mass is 394 g/mol. The van der Waals surface area contributed by atoms with Gasteiger partial charge in [-0.3, -0.25) is 0 Å². The van der Waals surface area contributed by atoms with E-state index >= 15 is 0 Å². The minimum absolute atomic E-state index is 0.574. The third-order valence-corrected chi connectivity index (χ3v) is 6.48. The molecule has 0 fully saturated rings. The standard InChI is InChI=1S/C20H26O4S2/c1-21-11-15-7-5-8-16(12-22-2)19(15)25-26-20-17(13-23-3)9-6-10-18(20)14-24-4/h5-10H,11-14H2,1-4H3. The van der Waals surface area contributed by atoms with Crippen molar-refractivity contribution in [1.82, 2.24) is 0 Å². The molecule has 6 heteroatoms. The van der Waals surface area contributed by atoms with E-state index in [1.165, 1.54) is 9.79 Å². The molecule has 26 heavy (non-hydrogen) atoms. The molecule has 0 aliphatic heterocycles. The highest BCUT2D eigenvalue weighted by molar-refractivity contribution is 8.76. The minimum atomic E-state index is 0.574. The van der Waals surface area contributed by atoms with Crippen LogP contribution in [0.25, 0.3) is 0 Å². The molecule has 0 atom stereocenters. The molecule has 0 radical (unpaired) electrons. The lowest BCUT2D eigenvalue weighted by molar-refractivity contribution is 0.176. The Morgan fingerprint density at radius 3 is 1.04 bits per heavy atom. The van der Waals surface area contributed by atoms with Gasteiger partial charge in [-0.05, 0) is 22.3 Å². The van der Waals surface area contributed by atoms with Crippen LogP contribution in [0.4, 0.5) is 0 Å². The number of hydrogen-bond acceptors (Lipinski definition) is 6. The molecular weight excluding hydrogens is 368 g/mol. The first kappa shape index (κ1) is 21.3. The van der Waals surface area contributed by atoms with E-state index in [0.717, 1.165) is 22.3 Å². The first-order chi connectivity index (χ1) is 12.7. The molecule has 0 aliphatic carbocycles. The van der Waals surface area contributed by atoms with Gasteiger partial charge >= 0.3 is 0 Å². The molecule has 0 heterocycles. The quantitative estimate of drug-likeness (QED) is 0.495. The molecule has 0 bridgehead atoms. The number of methoxy groups -OCH3 is 4. The molecule has 142 valence electrons. The summed E-state index contributed by atoms with van der Waals surface area (Å²) in [5.41, 5.74) is 4.66. The van der Waals surface area contributed by atoms with Crippen LogP contribution >= 0.6 is 21.6 Å². The Bertz CT molecular complexity index is 584. The van der Waals surface area contributed by atoms with Crippen LogP contribution in [0.1, 0.15) is 22.3 Å². The van der Waals surface area contributed by atoms with Gasteiger partial charge in [0, 0.05) is 38.2 Å². The van der Waals surface area contributed by atoms with Crippen molar-refractivity contribution in [2.24, 2.45) is 0 Å². The molecule has 0 amide bonds. The molecule has 2 aromatic rings. The highest BCUT2D eigenvalue weighted by atomic mass is 33.1. The lowest BCUT2D eigenvalue weighted by Gasteiger charge is -2.16. The van der Waals surface area contributed by atoms with Crippen LogP contribution in [0.15, 0.2) is 46.2 Å². The Morgan fingerprint density at radius 1 is 0.538 bits per heavy atom. The Morgan fingerprint density at radius 2 is 0.808 bits per heavy atom. The van der Waals surface area contributed by atoms with E-state index in [-0.39, 0.29) is 0 Å². The van der Waals surface area contributed by atoms with Crippen LogP contribution in [-0.2, 0) is 45.4 Å². The van der Waals surface area contributed by atoms with E-state index < -0.39 is 0 Å². The van der Waals surface area contributed by atoms with Gasteiger partial charge in [0.1, 0.15) is 0 Å². The van der Waals surface area contributed by atoms with E-state index in [0.29, 0.717) is 26.4 Å². The average molecular weight is 395 g/mol. The third-order valence-electron chi connectivity index (χ3n) is 3.76. The summed E-state index contributed by atoms with van der Waals surface area (Å²) in [6.07, 6.45) is 0. The van der Waals surface area contributed by atoms with Crippen LogP contribution in [0, 0.1) is 0 Å². The van der Waals surface area contributed by atoms with E-state index in [1.54, 1.807) is 50.0 Å². The average Bonchev–Trinajstić information content (AvgIpc) is 2.64. The predicted octanol–water partition coefficient (Wildman–Crippen LogP) is 5.07. The molecule has 2 rings (SSSR count). The molecule has 0 saturated heterocycles. The Hall–Kier alpha value is -1.02. The lowest BCUT2D eigenvalue weighted by atomic mass is 10.1. The van der Waals surface area contributed by atoms with Gasteiger partial charge in [0.05, 0.1) is 26.4 Å². The van der Waals surface area contributed by atoms with Crippen molar-refractivity contribution in [1.29, 1.82) is 0 Å². The Balaban J connectivity index is 2.33. The molecule has 0 unspecified atom stereocenters. The molecule has 0 N–H and O–H groups in total. The molecule has 0 saturated carbocycles. The highest BCUT2D eigenvalue weighted by Gasteiger charge is 2.14. The van der Waals surface area contributed by atoms with Crippen molar-refractivity contribution < 1.29 is 18.9 Å². The number of ether oxygens (including phenoxy) is 4. The van der Waals surface area contributed by atoms with Crippen LogP contribution in [0.5, 0.6) is 0 Å². The van der Waals surface area contributed by atoms with Gasteiger partial charge in [-0.2, -0.15) is 0 Å². The fraction of sp³-hybridized carbons (Fsp3) is 0.400. The van der Waals surface area contributed by atoms with Gasteiger partial charge < -0.3 is 18.9 Å². The maximum absolute atomic E-state index is 5.37. The zero-order valence-electron chi connectivity index (χ0n) is 15.7. The topological polar surface area (TPSA) is 36.9 Å². The maximum atomic E-state index is 5.37.